The van der Waals surface area contributed by atoms with Crippen molar-refractivity contribution in [2.75, 3.05) is 0 Å². The van der Waals surface area contributed by atoms with E-state index < -0.39 is 48.1 Å². The van der Waals surface area contributed by atoms with Crippen LogP contribution in [0.3, 0.4) is 0 Å². The van der Waals surface area contributed by atoms with E-state index in [1.165, 1.54) is 54.6 Å². The molecule has 0 radical (unpaired) electrons. The van der Waals surface area contributed by atoms with Crippen LogP contribution < -0.4 is 14.2 Å². The van der Waals surface area contributed by atoms with Gasteiger partial charge < -0.3 is 65.3 Å². The molecule has 3 heterocycles. The molecule has 0 fully saturated rings. The molecule has 344 valence electrons. The van der Waals surface area contributed by atoms with Crippen LogP contribution in [-0.2, 0) is 0 Å². The average molecular weight is 923 g/mol. The summed E-state index contributed by atoms with van der Waals surface area (Å²) in [5.41, 5.74) is 6.63. The normalized spacial score (nSPS) is 22.6. The van der Waals surface area contributed by atoms with Gasteiger partial charge in [0.05, 0.1) is 23.9 Å². The van der Waals surface area contributed by atoms with E-state index in [1.54, 1.807) is 72.8 Å². The van der Waals surface area contributed by atoms with Gasteiger partial charge in [-0.2, -0.15) is 0 Å². The fourth-order valence-electron chi connectivity index (χ4n) is 11.3. The van der Waals surface area contributed by atoms with Gasteiger partial charge in [0, 0.05) is 52.4 Å². The topological polar surface area (TPSA) is 230 Å². The lowest BCUT2D eigenvalue weighted by Crippen LogP contribution is -2.16. The lowest BCUT2D eigenvalue weighted by molar-refractivity contribution is 0.157. The van der Waals surface area contributed by atoms with Gasteiger partial charge in [0.2, 0.25) is 0 Å². The zero-order valence-electron chi connectivity index (χ0n) is 36.2. The molecule has 8 aromatic rings. The Balaban J connectivity index is 1.06. The highest BCUT2D eigenvalue weighted by Gasteiger charge is 2.49. The number of phenols is 9. The Morgan fingerprint density at radius 1 is 0.275 bits per heavy atom. The maximum absolute atomic E-state index is 12.4. The van der Waals surface area contributed by atoms with E-state index in [-0.39, 0.29) is 57.5 Å². The lowest BCUT2D eigenvalue weighted by Gasteiger charge is -2.27. The minimum Gasteiger partial charge on any atom is -0.508 e. The average Bonchev–Trinajstić information content (AvgIpc) is 3.99. The second kappa shape index (κ2) is 15.4. The maximum atomic E-state index is 12.4. The third kappa shape index (κ3) is 6.72. The molecule has 0 aromatic heterocycles. The highest BCUT2D eigenvalue weighted by Crippen LogP contribution is 2.63. The number of phenolic OH excluding ortho intramolecular Hbond substituents is 9. The summed E-state index contributed by atoms with van der Waals surface area (Å²) < 4.78 is 20.4. The van der Waals surface area contributed by atoms with E-state index in [4.69, 9.17) is 14.2 Å². The van der Waals surface area contributed by atoms with Gasteiger partial charge in [-0.3, -0.25) is 0 Å². The van der Waals surface area contributed by atoms with E-state index in [2.05, 4.69) is 0 Å². The van der Waals surface area contributed by atoms with Crippen molar-refractivity contribution in [1.82, 2.24) is 0 Å². The zero-order valence-corrected chi connectivity index (χ0v) is 36.2. The fraction of sp³-hybridized carbons (Fsp3) is 0.143. The number of benzene rings is 8. The fourth-order valence-corrected chi connectivity index (χ4v) is 11.3. The number of aromatic hydroxyl groups is 9. The first-order chi connectivity index (χ1) is 33.3. The van der Waals surface area contributed by atoms with Gasteiger partial charge in [0.15, 0.2) is 0 Å². The van der Waals surface area contributed by atoms with Crippen molar-refractivity contribution < 1.29 is 65.3 Å². The third-order valence-corrected chi connectivity index (χ3v) is 14.1. The van der Waals surface area contributed by atoms with Crippen LogP contribution in [0.1, 0.15) is 115 Å². The summed E-state index contributed by atoms with van der Waals surface area (Å²) in [7, 11) is 0. The number of hydrogen-bond donors (Lipinski definition) is 10. The van der Waals surface area contributed by atoms with Crippen LogP contribution in [0.25, 0.3) is 0 Å². The second-order valence-electron chi connectivity index (χ2n) is 18.2. The number of ether oxygens (including phenoxy) is 3. The molecule has 0 saturated carbocycles. The van der Waals surface area contributed by atoms with Crippen molar-refractivity contribution in [3.05, 3.63) is 212 Å². The molecule has 0 spiro atoms. The first-order valence-corrected chi connectivity index (χ1v) is 22.3. The summed E-state index contributed by atoms with van der Waals surface area (Å²) in [4.78, 5) is 0. The van der Waals surface area contributed by atoms with Gasteiger partial charge in [-0.1, -0.05) is 42.5 Å². The monoisotopic (exact) mass is 922 g/mol. The minimum atomic E-state index is -1.33. The molecule has 3 aliphatic heterocycles. The van der Waals surface area contributed by atoms with Crippen LogP contribution in [-0.4, -0.2) is 51.1 Å². The zero-order chi connectivity index (χ0) is 47.6. The molecule has 0 bridgehead atoms. The van der Waals surface area contributed by atoms with E-state index >= 15 is 0 Å². The Bertz CT molecular complexity index is 3350. The van der Waals surface area contributed by atoms with Crippen LogP contribution in [0.4, 0.5) is 0 Å². The molecule has 13 nitrogen and oxygen atoms in total. The summed E-state index contributed by atoms with van der Waals surface area (Å²) >= 11 is 0. The molecule has 13 heteroatoms. The van der Waals surface area contributed by atoms with Crippen molar-refractivity contribution in [3.63, 3.8) is 0 Å². The quantitative estimate of drug-likeness (QED) is 0.0750. The highest BCUT2D eigenvalue weighted by molar-refractivity contribution is 5.67. The molecule has 0 amide bonds. The van der Waals surface area contributed by atoms with Crippen molar-refractivity contribution in [1.29, 1.82) is 0 Å². The van der Waals surface area contributed by atoms with Gasteiger partial charge in [0.25, 0.3) is 0 Å². The minimum absolute atomic E-state index is 0.00545. The Hall–Kier alpha value is -8.68. The maximum Gasteiger partial charge on any atom is 0.135 e. The Morgan fingerprint density at radius 2 is 0.710 bits per heavy atom. The molecule has 4 aliphatic rings. The number of hydrogen-bond acceptors (Lipinski definition) is 13. The smallest absolute Gasteiger partial charge is 0.135 e. The Labute approximate surface area is 393 Å². The Morgan fingerprint density at radius 3 is 1.29 bits per heavy atom. The van der Waals surface area contributed by atoms with Crippen molar-refractivity contribution in [2.45, 2.75) is 48.1 Å². The molecule has 12 rings (SSSR count). The predicted octanol–water partition coefficient (Wildman–Crippen LogP) is 10.0. The highest BCUT2D eigenvalue weighted by atomic mass is 16.5. The summed E-state index contributed by atoms with van der Waals surface area (Å²) in [6.07, 6.45) is -3.73. The second-order valence-corrected chi connectivity index (χ2v) is 18.2. The van der Waals surface area contributed by atoms with Crippen LogP contribution >= 0.6 is 0 Å². The largest absolute Gasteiger partial charge is 0.508 e. The van der Waals surface area contributed by atoms with Gasteiger partial charge >= 0.3 is 0 Å². The SMILES string of the molecule is Oc1ccc([C@H]2c3c(O)cc(O)cc3[C@H]3c4c(cc(O)cc4[C@@H]2O)O[C@@H]3c2ccc3c(c2)[C@H](c2cc(O)cc4c2[C@H](c2cc(O)cc(O)c2)[C@@H](c2ccc(O)cc2)O4)[C@@H](c2ccc(O)cc2)O3)cc1. The molecule has 8 atom stereocenters. The standard InChI is InChI=1S/C56H42O13/c57-30-8-1-25(2-9-30)46-49-40(19-35(62)22-42(49)65)52-51-41(53(46)66)21-37(64)24-45(51)69-56(52)28-7-14-43-38(17-28)48(55(67-43)27-5-12-32(59)13-6-27)39-20-36(63)23-44-50(39)47(29-15-33(60)18-34(61)16-29)54(68-44)26-3-10-31(58)11-4-26/h1-24,46-48,52-66H/t46-,47-,48+,52-,53-,54+,55+,56+/m0/s1. The molecule has 10 N–H and O–H groups in total. The first-order valence-electron chi connectivity index (χ1n) is 22.3. The summed E-state index contributed by atoms with van der Waals surface area (Å²) in [6, 6.07) is 38.2. The van der Waals surface area contributed by atoms with Crippen LogP contribution in [0.2, 0.25) is 0 Å². The number of fused-ring (bicyclic) bond motifs is 4. The van der Waals surface area contributed by atoms with Gasteiger partial charge in [-0.25, -0.2) is 0 Å². The van der Waals surface area contributed by atoms with Crippen molar-refractivity contribution in [2.24, 2.45) is 0 Å². The van der Waals surface area contributed by atoms with E-state index in [0.717, 1.165) is 0 Å². The van der Waals surface area contributed by atoms with Gasteiger partial charge in [-0.15, -0.1) is 0 Å². The van der Waals surface area contributed by atoms with Crippen molar-refractivity contribution in [3.8, 4) is 69.0 Å². The van der Waals surface area contributed by atoms with Crippen LogP contribution in [0.5, 0.6) is 69.0 Å². The molecule has 0 unspecified atom stereocenters. The molecular formula is C56H42O13. The Kier molecular flexibility index (Phi) is 9.34. The van der Waals surface area contributed by atoms with E-state index in [9.17, 15) is 51.1 Å². The van der Waals surface area contributed by atoms with E-state index in [0.29, 0.717) is 78.3 Å². The van der Waals surface area contributed by atoms with Gasteiger partial charge in [-0.05, 0) is 123 Å². The van der Waals surface area contributed by atoms with E-state index in [1.807, 2.05) is 18.2 Å². The van der Waals surface area contributed by atoms with Crippen molar-refractivity contribution >= 4 is 0 Å². The summed E-state index contributed by atoms with van der Waals surface area (Å²) in [6.45, 7) is 0. The number of aliphatic hydroxyl groups excluding tert-OH is 1. The lowest BCUT2D eigenvalue weighted by atomic mass is 9.76. The summed E-state index contributed by atoms with van der Waals surface area (Å²) in [5.74, 6) is -3.00. The third-order valence-electron chi connectivity index (χ3n) is 14.1. The van der Waals surface area contributed by atoms with Gasteiger partial charge in [0.1, 0.15) is 87.3 Å². The molecule has 0 saturated heterocycles. The molecule has 1 aliphatic carbocycles. The number of aliphatic hydroxyl groups is 1. The predicted molar refractivity (Wildman–Crippen MR) is 249 cm³/mol. The number of rotatable bonds is 6. The van der Waals surface area contributed by atoms with Crippen LogP contribution in [0.15, 0.2) is 146 Å². The first kappa shape index (κ1) is 41.7. The molecule has 8 aromatic carbocycles. The molecule has 69 heavy (non-hydrogen) atoms. The summed E-state index contributed by atoms with van der Waals surface area (Å²) in [5, 5.41) is 111. The van der Waals surface area contributed by atoms with Crippen LogP contribution in [0, 0.1) is 0 Å². The molecular weight excluding hydrogens is 881 g/mol.